The molecule has 100 valence electrons. The van der Waals surface area contributed by atoms with Crippen molar-refractivity contribution in [1.82, 2.24) is 5.32 Å². The molecule has 5 heteroatoms. The molecule has 1 aromatic rings. The van der Waals surface area contributed by atoms with Gasteiger partial charge < -0.3 is 20.1 Å². The maximum atomic E-state index is 11.2. The summed E-state index contributed by atoms with van der Waals surface area (Å²) in [6, 6.07) is 7.71. The molecule has 1 rings (SSSR count). The molecule has 0 spiro atoms. The highest BCUT2D eigenvalue weighted by Crippen LogP contribution is 2.10. The van der Waals surface area contributed by atoms with Crippen LogP contribution in [-0.4, -0.2) is 40.0 Å². The highest BCUT2D eigenvalue weighted by atomic mass is 16.7. The lowest BCUT2D eigenvalue weighted by molar-refractivity contribution is -0.119. The topological polar surface area (TPSA) is 59.6 Å². The molecule has 2 N–H and O–H groups in total. The maximum absolute atomic E-state index is 11.2. The van der Waals surface area contributed by atoms with Gasteiger partial charge in [0.1, 0.15) is 0 Å². The number of carbonyl (C=O) groups is 1. The van der Waals surface area contributed by atoms with Gasteiger partial charge in [-0.3, -0.25) is 4.79 Å². The molecule has 0 saturated heterocycles. The number of likely N-dealkylation sites (N-methyl/N-ethyl adjacent to an activating group) is 1. The largest absolute Gasteiger partial charge is 0.380 e. The lowest BCUT2D eigenvalue weighted by atomic mass is 10.1. The first-order valence-electron chi connectivity index (χ1n) is 5.78. The molecule has 0 bridgehead atoms. The zero-order valence-corrected chi connectivity index (χ0v) is 11.0. The number of benzene rings is 1. The van der Waals surface area contributed by atoms with E-state index in [1.165, 1.54) is 0 Å². The Balaban J connectivity index is 2.47. The highest BCUT2D eigenvalue weighted by Gasteiger charge is 2.04. The van der Waals surface area contributed by atoms with Gasteiger partial charge in [-0.15, -0.1) is 0 Å². The van der Waals surface area contributed by atoms with Crippen molar-refractivity contribution in [2.75, 3.05) is 33.1 Å². The second-order valence-electron chi connectivity index (χ2n) is 3.83. The Morgan fingerprint density at radius 3 is 2.33 bits per heavy atom. The van der Waals surface area contributed by atoms with Gasteiger partial charge in [0, 0.05) is 27.0 Å². The van der Waals surface area contributed by atoms with Gasteiger partial charge in [-0.05, 0) is 17.7 Å². The number of hydrogen-bond donors (Lipinski definition) is 2. The first-order chi connectivity index (χ1) is 8.69. The van der Waals surface area contributed by atoms with Crippen molar-refractivity contribution in [2.45, 2.75) is 12.7 Å². The fourth-order valence-electron chi connectivity index (χ4n) is 1.48. The number of methoxy groups -OCH3 is 2. The minimum atomic E-state index is -0.268. The van der Waals surface area contributed by atoms with Crippen molar-refractivity contribution in [3.63, 3.8) is 0 Å². The van der Waals surface area contributed by atoms with E-state index >= 15 is 0 Å². The number of hydrogen-bond acceptors (Lipinski definition) is 4. The SMILES string of the molecule is CNC(=O)Cc1ccc(NCC(OC)OC)cc1. The predicted molar refractivity (Wildman–Crippen MR) is 70.5 cm³/mol. The van der Waals surface area contributed by atoms with E-state index in [4.69, 9.17) is 9.47 Å². The Kier molecular flexibility index (Phi) is 6.18. The summed E-state index contributed by atoms with van der Waals surface area (Å²) in [7, 11) is 4.83. The number of ether oxygens (including phenoxy) is 2. The molecule has 5 nitrogen and oxygen atoms in total. The van der Waals surface area contributed by atoms with Gasteiger partial charge in [-0.25, -0.2) is 0 Å². The lowest BCUT2D eigenvalue weighted by Gasteiger charge is -2.15. The van der Waals surface area contributed by atoms with Crippen molar-refractivity contribution < 1.29 is 14.3 Å². The molecule has 0 aliphatic heterocycles. The van der Waals surface area contributed by atoms with Gasteiger partial charge in [0.15, 0.2) is 6.29 Å². The summed E-state index contributed by atoms with van der Waals surface area (Å²) in [6.45, 7) is 0.571. The summed E-state index contributed by atoms with van der Waals surface area (Å²) in [5.41, 5.74) is 1.95. The van der Waals surface area contributed by atoms with Crippen LogP contribution >= 0.6 is 0 Å². The van der Waals surface area contributed by atoms with Crippen molar-refractivity contribution in [3.05, 3.63) is 29.8 Å². The number of carbonyl (C=O) groups excluding carboxylic acids is 1. The van der Waals surface area contributed by atoms with Gasteiger partial charge in [-0.2, -0.15) is 0 Å². The van der Waals surface area contributed by atoms with Crippen LogP contribution in [0.15, 0.2) is 24.3 Å². The number of rotatable bonds is 7. The van der Waals surface area contributed by atoms with E-state index in [-0.39, 0.29) is 12.2 Å². The van der Waals surface area contributed by atoms with Gasteiger partial charge in [0.05, 0.1) is 13.0 Å². The van der Waals surface area contributed by atoms with Crippen LogP contribution in [-0.2, 0) is 20.7 Å². The van der Waals surface area contributed by atoms with E-state index in [0.29, 0.717) is 13.0 Å². The predicted octanol–water partition coefficient (Wildman–Crippen LogP) is 1.01. The normalized spacial score (nSPS) is 10.4. The molecule has 0 atom stereocenters. The molecule has 1 amide bonds. The molecule has 18 heavy (non-hydrogen) atoms. The van der Waals surface area contributed by atoms with Gasteiger partial charge >= 0.3 is 0 Å². The van der Waals surface area contributed by atoms with Crippen LogP contribution in [0.25, 0.3) is 0 Å². The molecule has 0 aromatic heterocycles. The van der Waals surface area contributed by atoms with Crippen molar-refractivity contribution in [3.8, 4) is 0 Å². The number of anilines is 1. The number of amides is 1. The van der Waals surface area contributed by atoms with E-state index in [2.05, 4.69) is 10.6 Å². The van der Waals surface area contributed by atoms with Crippen LogP contribution in [0, 0.1) is 0 Å². The molecule has 0 saturated carbocycles. The molecule has 0 aliphatic carbocycles. The fourth-order valence-corrected chi connectivity index (χ4v) is 1.48. The quantitative estimate of drug-likeness (QED) is 0.711. The first kappa shape index (κ1) is 14.5. The summed E-state index contributed by atoms with van der Waals surface area (Å²) < 4.78 is 10.1. The van der Waals surface area contributed by atoms with Crippen LogP contribution in [0.3, 0.4) is 0 Å². The Labute approximate surface area is 107 Å². The first-order valence-corrected chi connectivity index (χ1v) is 5.78. The van der Waals surface area contributed by atoms with Crippen LogP contribution in [0.2, 0.25) is 0 Å². The minimum absolute atomic E-state index is 0.00883. The molecular formula is C13H20N2O3. The van der Waals surface area contributed by atoms with Crippen LogP contribution in [0.1, 0.15) is 5.56 Å². The third-order valence-electron chi connectivity index (χ3n) is 2.60. The van der Waals surface area contributed by atoms with Gasteiger partial charge in [-0.1, -0.05) is 12.1 Å². The third-order valence-corrected chi connectivity index (χ3v) is 2.60. The Bertz CT molecular complexity index is 361. The summed E-state index contributed by atoms with van der Waals surface area (Å²) in [5, 5.41) is 5.79. The highest BCUT2D eigenvalue weighted by molar-refractivity contribution is 5.78. The molecule has 0 unspecified atom stereocenters. The zero-order chi connectivity index (χ0) is 13.4. The van der Waals surface area contributed by atoms with E-state index in [1.54, 1.807) is 21.3 Å². The van der Waals surface area contributed by atoms with Crippen LogP contribution in [0.5, 0.6) is 0 Å². The zero-order valence-electron chi connectivity index (χ0n) is 11.0. The Morgan fingerprint density at radius 1 is 1.22 bits per heavy atom. The molecule has 0 radical (unpaired) electrons. The summed E-state index contributed by atoms with van der Waals surface area (Å²) in [5.74, 6) is 0.00883. The maximum Gasteiger partial charge on any atom is 0.224 e. The van der Waals surface area contributed by atoms with E-state index in [9.17, 15) is 4.79 Å². The Hall–Kier alpha value is -1.59. The average Bonchev–Trinajstić information content (AvgIpc) is 2.41. The monoisotopic (exact) mass is 252 g/mol. The van der Waals surface area contributed by atoms with E-state index in [1.807, 2.05) is 24.3 Å². The van der Waals surface area contributed by atoms with Crippen LogP contribution in [0.4, 0.5) is 5.69 Å². The summed E-state index contributed by atoms with van der Waals surface area (Å²) >= 11 is 0. The second-order valence-corrected chi connectivity index (χ2v) is 3.83. The van der Waals surface area contributed by atoms with Crippen molar-refractivity contribution in [1.29, 1.82) is 0 Å². The second kappa shape index (κ2) is 7.68. The van der Waals surface area contributed by atoms with Crippen LogP contribution < -0.4 is 10.6 Å². The fraction of sp³-hybridized carbons (Fsp3) is 0.462. The van der Waals surface area contributed by atoms with Gasteiger partial charge in [0.25, 0.3) is 0 Å². The number of nitrogens with one attached hydrogen (secondary N) is 2. The summed E-state index contributed by atoms with van der Waals surface area (Å²) in [4.78, 5) is 11.2. The smallest absolute Gasteiger partial charge is 0.224 e. The molecule has 0 fully saturated rings. The standard InChI is InChI=1S/C13H20N2O3/c1-14-12(16)8-10-4-6-11(7-5-10)15-9-13(17-2)18-3/h4-7,13,15H,8-9H2,1-3H3,(H,14,16). The Morgan fingerprint density at radius 2 is 1.83 bits per heavy atom. The molecule has 0 heterocycles. The molecule has 0 aliphatic rings. The van der Waals surface area contributed by atoms with E-state index < -0.39 is 0 Å². The lowest BCUT2D eigenvalue weighted by Crippen LogP contribution is -2.23. The third kappa shape index (κ3) is 4.73. The van der Waals surface area contributed by atoms with Crippen molar-refractivity contribution >= 4 is 11.6 Å². The summed E-state index contributed by atoms with van der Waals surface area (Å²) in [6.07, 6.45) is 0.130. The average molecular weight is 252 g/mol. The molecular weight excluding hydrogens is 232 g/mol. The molecule has 1 aromatic carbocycles. The van der Waals surface area contributed by atoms with Gasteiger partial charge in [0.2, 0.25) is 5.91 Å². The van der Waals surface area contributed by atoms with E-state index in [0.717, 1.165) is 11.3 Å². The van der Waals surface area contributed by atoms with Crippen molar-refractivity contribution in [2.24, 2.45) is 0 Å². The minimum Gasteiger partial charge on any atom is -0.380 e.